The van der Waals surface area contributed by atoms with Crippen LogP contribution in [0.2, 0.25) is 0 Å². The number of benzene rings is 2. The molecule has 2 rings (SSSR count). The molecule has 0 unspecified atom stereocenters. The Kier molecular flexibility index (Phi) is 9.27. The highest BCUT2D eigenvalue weighted by atomic mass is 33.1. The summed E-state index contributed by atoms with van der Waals surface area (Å²) in [5.41, 5.74) is -2.04. The largest absolute Gasteiger partial charge is 0.477 e. The molecule has 0 aliphatic carbocycles. The van der Waals surface area contributed by atoms with Crippen LogP contribution in [0.4, 0.5) is 11.4 Å². The van der Waals surface area contributed by atoms with Crippen molar-refractivity contribution in [1.29, 1.82) is 5.26 Å². The molecule has 0 atom stereocenters. The SMILES string of the molecule is CCC#N.O=C(O)c1cc(SSc2ccc([N+](=O)[O-])c(C(=O)O)c2)ccc1[N+](=O)[O-]. The van der Waals surface area contributed by atoms with Crippen LogP contribution in [0.3, 0.4) is 0 Å². The monoisotopic (exact) mass is 451 g/mol. The van der Waals surface area contributed by atoms with E-state index in [1.54, 1.807) is 0 Å². The Bertz CT molecular complexity index is 961. The smallest absolute Gasteiger partial charge is 0.342 e. The van der Waals surface area contributed by atoms with Crippen molar-refractivity contribution in [3.8, 4) is 6.07 Å². The van der Waals surface area contributed by atoms with Crippen molar-refractivity contribution >= 4 is 44.9 Å². The van der Waals surface area contributed by atoms with E-state index in [1.165, 1.54) is 12.1 Å². The number of aromatic carboxylic acids is 2. The van der Waals surface area contributed by atoms with Gasteiger partial charge in [-0.15, -0.1) is 0 Å². The number of nitro benzene ring substituents is 2. The molecule has 2 aromatic rings. The number of nitrogens with zero attached hydrogens (tertiary/aromatic N) is 3. The van der Waals surface area contributed by atoms with Gasteiger partial charge in [0, 0.05) is 28.3 Å². The molecule has 0 radical (unpaired) electrons. The predicted molar refractivity (Wildman–Crippen MR) is 108 cm³/mol. The predicted octanol–water partition coefficient (Wildman–Crippen LogP) is 4.62. The lowest BCUT2D eigenvalue weighted by molar-refractivity contribution is -0.385. The van der Waals surface area contributed by atoms with E-state index in [1.807, 2.05) is 13.0 Å². The van der Waals surface area contributed by atoms with Crippen molar-refractivity contribution in [2.75, 3.05) is 0 Å². The number of carbonyl (C=O) groups is 2. The van der Waals surface area contributed by atoms with Crippen molar-refractivity contribution in [2.45, 2.75) is 23.1 Å². The van der Waals surface area contributed by atoms with Gasteiger partial charge in [-0.05, 0) is 24.3 Å². The molecule has 0 bridgehead atoms. The summed E-state index contributed by atoms with van der Waals surface area (Å²) in [5.74, 6) is -2.90. The third kappa shape index (κ3) is 6.76. The molecule has 0 spiro atoms. The lowest BCUT2D eigenvalue weighted by Gasteiger charge is -2.05. The number of hydrogen-bond acceptors (Lipinski definition) is 9. The fraction of sp³-hybridized carbons (Fsp3) is 0.118. The van der Waals surface area contributed by atoms with Gasteiger partial charge in [-0.2, -0.15) is 5.26 Å². The Morgan fingerprint density at radius 3 is 1.50 bits per heavy atom. The van der Waals surface area contributed by atoms with Gasteiger partial charge in [0.2, 0.25) is 0 Å². The molecule has 0 aliphatic rings. The maximum atomic E-state index is 11.1. The van der Waals surface area contributed by atoms with Crippen molar-refractivity contribution < 1.29 is 29.6 Å². The van der Waals surface area contributed by atoms with E-state index in [0.29, 0.717) is 16.2 Å². The number of hydrogen-bond donors (Lipinski definition) is 2. The highest BCUT2D eigenvalue weighted by molar-refractivity contribution is 8.76. The summed E-state index contributed by atoms with van der Waals surface area (Å²) >= 11 is 0. The molecule has 2 aromatic carbocycles. The highest BCUT2D eigenvalue weighted by Gasteiger charge is 2.22. The quantitative estimate of drug-likeness (QED) is 0.340. The van der Waals surface area contributed by atoms with Crippen LogP contribution in [0.25, 0.3) is 0 Å². The molecule has 156 valence electrons. The lowest BCUT2D eigenvalue weighted by Crippen LogP contribution is -2.02. The fourth-order valence-electron chi connectivity index (χ4n) is 1.89. The van der Waals surface area contributed by atoms with E-state index in [2.05, 4.69) is 0 Å². The van der Waals surface area contributed by atoms with Crippen LogP contribution >= 0.6 is 21.6 Å². The Labute approximate surface area is 177 Å². The molecule has 11 nitrogen and oxygen atoms in total. The van der Waals surface area contributed by atoms with Crippen molar-refractivity contribution in [3.05, 3.63) is 67.8 Å². The summed E-state index contributed by atoms with van der Waals surface area (Å²) in [6.07, 6.45) is 0.625. The Morgan fingerprint density at radius 2 is 1.27 bits per heavy atom. The molecule has 0 heterocycles. The van der Waals surface area contributed by atoms with Gasteiger partial charge in [0.15, 0.2) is 0 Å². The van der Waals surface area contributed by atoms with Crippen LogP contribution in [0.15, 0.2) is 46.2 Å². The minimum absolute atomic E-state index is 0.383. The Balaban J connectivity index is 0.00000103. The third-order valence-corrected chi connectivity index (χ3v) is 5.56. The number of carboxylic acids is 2. The first kappa shape index (κ1) is 24.4. The van der Waals surface area contributed by atoms with Crippen LogP contribution < -0.4 is 0 Å². The first-order chi connectivity index (χ1) is 14.1. The van der Waals surface area contributed by atoms with Crippen molar-refractivity contribution in [3.63, 3.8) is 0 Å². The fourth-order valence-corrected chi connectivity index (χ4v) is 3.86. The Hall–Kier alpha value is -3.63. The van der Waals surface area contributed by atoms with Gasteiger partial charge in [0.05, 0.1) is 15.9 Å². The van der Waals surface area contributed by atoms with E-state index in [4.69, 9.17) is 15.5 Å². The molecule has 0 saturated heterocycles. The summed E-state index contributed by atoms with van der Waals surface area (Å²) in [7, 11) is 2.06. The Morgan fingerprint density at radius 1 is 0.933 bits per heavy atom. The highest BCUT2D eigenvalue weighted by Crippen LogP contribution is 2.40. The first-order valence-corrected chi connectivity index (χ1v) is 10.0. The van der Waals surface area contributed by atoms with E-state index < -0.39 is 44.3 Å². The summed E-state index contributed by atoms with van der Waals surface area (Å²) in [5, 5.41) is 47.4. The summed E-state index contributed by atoms with van der Waals surface area (Å²) in [6.45, 7) is 1.82. The average molecular weight is 451 g/mol. The zero-order valence-corrected chi connectivity index (χ0v) is 16.8. The van der Waals surface area contributed by atoms with Gasteiger partial charge in [0.1, 0.15) is 11.1 Å². The molecule has 0 saturated carbocycles. The van der Waals surface area contributed by atoms with Gasteiger partial charge in [-0.1, -0.05) is 28.5 Å². The first-order valence-electron chi connectivity index (χ1n) is 7.87. The lowest BCUT2D eigenvalue weighted by atomic mass is 10.2. The number of nitro groups is 2. The van der Waals surface area contributed by atoms with Crippen LogP contribution in [0.5, 0.6) is 0 Å². The molecule has 0 fully saturated rings. The van der Waals surface area contributed by atoms with E-state index in [-0.39, 0.29) is 0 Å². The summed E-state index contributed by atoms with van der Waals surface area (Å²) < 4.78 is 0. The summed E-state index contributed by atoms with van der Waals surface area (Å²) in [4.78, 5) is 43.1. The summed E-state index contributed by atoms with van der Waals surface area (Å²) in [6, 6.07) is 9.01. The topological polar surface area (TPSA) is 185 Å². The van der Waals surface area contributed by atoms with Gasteiger partial charge < -0.3 is 10.2 Å². The average Bonchev–Trinajstić information content (AvgIpc) is 2.71. The van der Waals surface area contributed by atoms with E-state index >= 15 is 0 Å². The second-order valence-electron chi connectivity index (χ2n) is 5.16. The second-order valence-corrected chi connectivity index (χ2v) is 7.44. The van der Waals surface area contributed by atoms with Crippen LogP contribution in [0, 0.1) is 31.6 Å². The van der Waals surface area contributed by atoms with E-state index in [0.717, 1.165) is 45.9 Å². The minimum Gasteiger partial charge on any atom is -0.477 e. The number of carboxylic acid groups (broad SMARTS) is 2. The van der Waals surface area contributed by atoms with E-state index in [9.17, 15) is 29.8 Å². The normalized spacial score (nSPS) is 9.60. The zero-order chi connectivity index (χ0) is 22.8. The third-order valence-electron chi connectivity index (χ3n) is 3.18. The molecular weight excluding hydrogens is 438 g/mol. The van der Waals surface area contributed by atoms with Gasteiger partial charge in [0.25, 0.3) is 11.4 Å². The molecule has 0 aliphatic heterocycles. The van der Waals surface area contributed by atoms with Crippen LogP contribution in [-0.4, -0.2) is 32.0 Å². The van der Waals surface area contributed by atoms with Crippen molar-refractivity contribution in [2.24, 2.45) is 0 Å². The number of rotatable bonds is 7. The minimum atomic E-state index is -1.45. The maximum Gasteiger partial charge on any atom is 0.342 e. The van der Waals surface area contributed by atoms with Crippen molar-refractivity contribution in [1.82, 2.24) is 0 Å². The van der Waals surface area contributed by atoms with Gasteiger partial charge in [-0.25, -0.2) is 9.59 Å². The number of nitriles is 1. The maximum absolute atomic E-state index is 11.1. The molecule has 0 amide bonds. The van der Waals surface area contributed by atoms with Crippen LogP contribution in [-0.2, 0) is 0 Å². The molecule has 2 N–H and O–H groups in total. The zero-order valence-electron chi connectivity index (χ0n) is 15.2. The molecular formula is C17H13N3O8S2. The van der Waals surface area contributed by atoms with Crippen LogP contribution in [0.1, 0.15) is 34.1 Å². The van der Waals surface area contributed by atoms with Gasteiger partial charge >= 0.3 is 11.9 Å². The molecule has 13 heteroatoms. The molecule has 0 aromatic heterocycles. The standard InChI is InChI=1S/C14H8N2O8S2.C3H5N/c17-13(18)9-5-7(1-3-11(9)15(21)22)25-26-8-2-4-12(16(23)24)10(6-8)14(19)20;1-2-3-4/h1-6H,(H,17,18)(H,19,20);2H2,1H3. The molecule has 30 heavy (non-hydrogen) atoms. The van der Waals surface area contributed by atoms with Gasteiger partial charge in [-0.3, -0.25) is 20.2 Å². The second kappa shape index (κ2) is 11.4.